The van der Waals surface area contributed by atoms with E-state index in [4.69, 9.17) is 11.6 Å². The van der Waals surface area contributed by atoms with Crippen LogP contribution in [0.3, 0.4) is 0 Å². The van der Waals surface area contributed by atoms with Crippen LogP contribution in [0.5, 0.6) is 0 Å². The highest BCUT2D eigenvalue weighted by molar-refractivity contribution is 6.30. The second-order valence-electron chi connectivity index (χ2n) is 7.49. The summed E-state index contributed by atoms with van der Waals surface area (Å²) in [5.41, 5.74) is 7.85. The minimum atomic E-state index is -0.445. The smallest absolute Gasteiger partial charge is 0.266 e. The topological polar surface area (TPSA) is 57.8 Å². The van der Waals surface area contributed by atoms with E-state index in [0.717, 1.165) is 28.2 Å². The molecule has 0 spiro atoms. The Labute approximate surface area is 182 Å². The Bertz CT molecular complexity index is 1190. The number of rotatable bonds is 4. The van der Waals surface area contributed by atoms with Gasteiger partial charge in [0.2, 0.25) is 0 Å². The first-order valence-corrected chi connectivity index (χ1v) is 10.1. The number of nitriles is 1. The van der Waals surface area contributed by atoms with Crippen molar-refractivity contribution in [2.45, 2.75) is 34.6 Å². The second kappa shape index (κ2) is 8.61. The van der Waals surface area contributed by atoms with Crippen molar-refractivity contribution in [2.24, 2.45) is 0 Å². The van der Waals surface area contributed by atoms with Crippen molar-refractivity contribution >= 4 is 29.3 Å². The number of para-hydroxylation sites is 1. The van der Waals surface area contributed by atoms with Crippen LogP contribution in [-0.4, -0.2) is 10.5 Å². The minimum Gasteiger partial charge on any atom is -0.321 e. The SMILES string of the molecule is Cc1cc(Cl)ccc1NC(=O)/C(C#N)=C/c1cc(C)n(-c2c(C)cccc2C)c1C. The Hall–Kier alpha value is -3.29. The van der Waals surface area contributed by atoms with Crippen LogP contribution in [0, 0.1) is 45.9 Å². The van der Waals surface area contributed by atoms with Crippen molar-refractivity contribution in [1.29, 1.82) is 5.26 Å². The van der Waals surface area contributed by atoms with Gasteiger partial charge in [-0.1, -0.05) is 29.8 Å². The van der Waals surface area contributed by atoms with Gasteiger partial charge in [0.15, 0.2) is 0 Å². The van der Waals surface area contributed by atoms with Crippen LogP contribution >= 0.6 is 11.6 Å². The van der Waals surface area contributed by atoms with Gasteiger partial charge in [-0.2, -0.15) is 5.26 Å². The fourth-order valence-corrected chi connectivity index (χ4v) is 3.92. The lowest BCUT2D eigenvalue weighted by atomic mass is 10.1. The first-order valence-electron chi connectivity index (χ1n) is 9.67. The van der Waals surface area contributed by atoms with Crippen LogP contribution in [0.15, 0.2) is 48.0 Å². The highest BCUT2D eigenvalue weighted by Gasteiger charge is 2.16. The zero-order chi connectivity index (χ0) is 22.0. The first kappa shape index (κ1) is 21.4. The minimum absolute atomic E-state index is 0.0473. The number of anilines is 1. The Morgan fingerprint density at radius 1 is 1.03 bits per heavy atom. The Morgan fingerprint density at radius 2 is 1.70 bits per heavy atom. The van der Waals surface area contributed by atoms with E-state index in [2.05, 4.69) is 35.9 Å². The molecular weight excluding hydrogens is 394 g/mol. The highest BCUT2D eigenvalue weighted by atomic mass is 35.5. The van der Waals surface area contributed by atoms with Crippen molar-refractivity contribution in [3.63, 3.8) is 0 Å². The average Bonchev–Trinajstić information content (AvgIpc) is 2.95. The number of nitrogens with zero attached hydrogens (tertiary/aromatic N) is 2. The van der Waals surface area contributed by atoms with Crippen LogP contribution in [0.25, 0.3) is 11.8 Å². The number of benzene rings is 2. The number of carbonyl (C=O) groups excluding carboxylic acids is 1. The summed E-state index contributed by atoms with van der Waals surface area (Å²) >= 11 is 5.98. The summed E-state index contributed by atoms with van der Waals surface area (Å²) in [5.74, 6) is -0.445. The predicted molar refractivity (Wildman–Crippen MR) is 123 cm³/mol. The molecule has 30 heavy (non-hydrogen) atoms. The van der Waals surface area contributed by atoms with E-state index in [-0.39, 0.29) is 5.57 Å². The van der Waals surface area contributed by atoms with E-state index in [0.29, 0.717) is 10.7 Å². The predicted octanol–water partition coefficient (Wildman–Crippen LogP) is 6.22. The van der Waals surface area contributed by atoms with E-state index < -0.39 is 5.91 Å². The van der Waals surface area contributed by atoms with Gasteiger partial charge in [0, 0.05) is 22.1 Å². The van der Waals surface area contributed by atoms with Crippen molar-refractivity contribution < 1.29 is 4.79 Å². The molecule has 0 radical (unpaired) electrons. The number of hydrogen-bond donors (Lipinski definition) is 1. The van der Waals surface area contributed by atoms with Gasteiger partial charge in [-0.3, -0.25) is 4.79 Å². The maximum atomic E-state index is 12.7. The quantitative estimate of drug-likeness (QED) is 0.404. The van der Waals surface area contributed by atoms with Crippen LogP contribution in [0.1, 0.15) is 33.6 Å². The van der Waals surface area contributed by atoms with E-state index in [1.165, 1.54) is 11.1 Å². The number of aromatic nitrogens is 1. The fraction of sp³-hybridized carbons (Fsp3) is 0.200. The molecule has 2 aromatic carbocycles. The molecule has 3 rings (SSSR count). The van der Waals surface area contributed by atoms with Crippen LogP contribution in [0.4, 0.5) is 5.69 Å². The Kier molecular flexibility index (Phi) is 6.14. The zero-order valence-corrected chi connectivity index (χ0v) is 18.6. The molecule has 0 aliphatic heterocycles. The fourth-order valence-electron chi connectivity index (χ4n) is 3.70. The number of carbonyl (C=O) groups is 1. The molecule has 1 amide bonds. The van der Waals surface area contributed by atoms with E-state index in [1.54, 1.807) is 24.3 Å². The van der Waals surface area contributed by atoms with Crippen LogP contribution in [0.2, 0.25) is 5.02 Å². The molecule has 1 aromatic heterocycles. The van der Waals surface area contributed by atoms with Gasteiger partial charge in [-0.15, -0.1) is 0 Å². The lowest BCUT2D eigenvalue weighted by Gasteiger charge is -2.15. The Balaban J connectivity index is 1.99. The second-order valence-corrected chi connectivity index (χ2v) is 7.92. The number of nitrogens with one attached hydrogen (secondary N) is 1. The Morgan fingerprint density at radius 3 is 2.30 bits per heavy atom. The average molecular weight is 418 g/mol. The standard InChI is InChI=1S/C25H24ClN3O/c1-15-7-6-8-16(2)24(15)29-18(4)12-20(19(29)5)13-21(14-27)25(30)28-23-10-9-22(26)11-17(23)3/h6-13H,1-5H3,(H,28,30)/b21-13+. The third-order valence-electron chi connectivity index (χ3n) is 5.23. The maximum Gasteiger partial charge on any atom is 0.266 e. The monoisotopic (exact) mass is 417 g/mol. The molecule has 4 nitrogen and oxygen atoms in total. The largest absolute Gasteiger partial charge is 0.321 e. The molecule has 0 bridgehead atoms. The third kappa shape index (κ3) is 4.17. The molecule has 0 atom stereocenters. The summed E-state index contributed by atoms with van der Waals surface area (Å²) in [6.45, 7) is 10.1. The van der Waals surface area contributed by atoms with Crippen molar-refractivity contribution in [3.8, 4) is 11.8 Å². The normalized spacial score (nSPS) is 11.3. The molecule has 0 aliphatic carbocycles. The summed E-state index contributed by atoms with van der Waals surface area (Å²) in [6.07, 6.45) is 1.65. The van der Waals surface area contributed by atoms with Gasteiger partial charge in [-0.25, -0.2) is 0 Å². The molecule has 0 saturated carbocycles. The summed E-state index contributed by atoms with van der Waals surface area (Å²) in [7, 11) is 0. The first-order chi connectivity index (χ1) is 14.2. The van der Waals surface area contributed by atoms with Gasteiger partial charge >= 0.3 is 0 Å². The number of amides is 1. The lowest BCUT2D eigenvalue weighted by molar-refractivity contribution is -0.112. The molecular formula is C25H24ClN3O. The summed E-state index contributed by atoms with van der Waals surface area (Å²) in [5, 5.41) is 13.0. The maximum absolute atomic E-state index is 12.7. The van der Waals surface area contributed by atoms with Crippen molar-refractivity contribution in [2.75, 3.05) is 5.32 Å². The summed E-state index contributed by atoms with van der Waals surface area (Å²) in [6, 6.07) is 15.4. The molecule has 0 fully saturated rings. The number of aryl methyl sites for hydroxylation is 4. The van der Waals surface area contributed by atoms with Crippen molar-refractivity contribution in [1.82, 2.24) is 4.57 Å². The van der Waals surface area contributed by atoms with Gasteiger partial charge in [0.1, 0.15) is 11.6 Å². The van der Waals surface area contributed by atoms with Crippen LogP contribution in [-0.2, 0) is 4.79 Å². The molecule has 5 heteroatoms. The van der Waals surface area contributed by atoms with Gasteiger partial charge in [0.25, 0.3) is 5.91 Å². The molecule has 152 valence electrons. The van der Waals surface area contributed by atoms with E-state index in [1.807, 2.05) is 39.0 Å². The zero-order valence-electron chi connectivity index (χ0n) is 17.8. The number of hydrogen-bond acceptors (Lipinski definition) is 2. The molecule has 0 saturated heterocycles. The molecule has 0 unspecified atom stereocenters. The van der Waals surface area contributed by atoms with E-state index in [9.17, 15) is 10.1 Å². The summed E-state index contributed by atoms with van der Waals surface area (Å²) in [4.78, 5) is 12.7. The van der Waals surface area contributed by atoms with Gasteiger partial charge in [-0.05, 0) is 87.2 Å². The van der Waals surface area contributed by atoms with Crippen LogP contribution < -0.4 is 5.32 Å². The molecule has 1 N–H and O–H groups in total. The molecule has 3 aromatic rings. The molecule has 1 heterocycles. The number of halogens is 1. The summed E-state index contributed by atoms with van der Waals surface area (Å²) < 4.78 is 2.17. The lowest BCUT2D eigenvalue weighted by Crippen LogP contribution is -2.14. The highest BCUT2D eigenvalue weighted by Crippen LogP contribution is 2.27. The molecule has 0 aliphatic rings. The third-order valence-corrected chi connectivity index (χ3v) is 5.47. The van der Waals surface area contributed by atoms with Gasteiger partial charge < -0.3 is 9.88 Å². The van der Waals surface area contributed by atoms with Gasteiger partial charge in [0.05, 0.1) is 5.69 Å². The van der Waals surface area contributed by atoms with Crippen molar-refractivity contribution in [3.05, 3.63) is 86.7 Å². The van der Waals surface area contributed by atoms with E-state index >= 15 is 0 Å².